The highest BCUT2D eigenvalue weighted by Crippen LogP contribution is 2.32. The molecule has 0 aromatic rings. The van der Waals surface area contributed by atoms with E-state index in [1.807, 2.05) is 0 Å². The van der Waals surface area contributed by atoms with Gasteiger partial charge in [-0.2, -0.15) is 0 Å². The van der Waals surface area contributed by atoms with Gasteiger partial charge in [0.2, 0.25) is 5.91 Å². The van der Waals surface area contributed by atoms with Gasteiger partial charge in [-0.3, -0.25) is 4.79 Å². The molecule has 0 bridgehead atoms. The molecule has 2 rings (SSSR count). The van der Waals surface area contributed by atoms with Gasteiger partial charge in [-0.25, -0.2) is 0 Å². The third-order valence-corrected chi connectivity index (χ3v) is 4.87. The Morgan fingerprint density at radius 3 is 2.71 bits per heavy atom. The van der Waals surface area contributed by atoms with Crippen LogP contribution in [-0.2, 0) is 4.79 Å². The Morgan fingerprint density at radius 2 is 2.18 bits per heavy atom. The summed E-state index contributed by atoms with van der Waals surface area (Å²) in [5, 5.41) is 6.60. The Kier molecular flexibility index (Phi) is 4.08. The van der Waals surface area contributed by atoms with Crippen LogP contribution in [0.3, 0.4) is 0 Å². The summed E-state index contributed by atoms with van der Waals surface area (Å²) < 4.78 is 0. The average molecular weight is 238 g/mol. The molecule has 2 fully saturated rings. The minimum absolute atomic E-state index is 0.132. The van der Waals surface area contributed by atoms with Crippen molar-refractivity contribution in [3.8, 4) is 0 Å². The number of nitrogens with one attached hydrogen (secondary N) is 2. The maximum absolute atomic E-state index is 12.4. The maximum Gasteiger partial charge on any atom is 0.227 e. The Balaban J connectivity index is 1.90. The zero-order valence-electron chi connectivity index (χ0n) is 11.2. The molecule has 98 valence electrons. The van der Waals surface area contributed by atoms with Crippen molar-refractivity contribution in [3.05, 3.63) is 0 Å². The molecule has 1 saturated carbocycles. The lowest BCUT2D eigenvalue weighted by molar-refractivity contribution is -0.131. The fraction of sp³-hybridized carbons (Fsp3) is 0.929. The summed E-state index contributed by atoms with van der Waals surface area (Å²) in [6.07, 6.45) is 7.20. The molecule has 0 aromatic heterocycles. The summed E-state index contributed by atoms with van der Waals surface area (Å²) in [6.45, 7) is 6.15. The smallest absolute Gasteiger partial charge is 0.227 e. The van der Waals surface area contributed by atoms with Crippen LogP contribution >= 0.6 is 0 Å². The molecule has 2 N–H and O–H groups in total. The van der Waals surface area contributed by atoms with E-state index >= 15 is 0 Å². The SMILES string of the molecule is CCC1(C(=O)NC(C)C2CCCC2)CCNC1. The van der Waals surface area contributed by atoms with Gasteiger partial charge in [0.25, 0.3) is 0 Å². The van der Waals surface area contributed by atoms with Crippen LogP contribution in [0, 0.1) is 11.3 Å². The lowest BCUT2D eigenvalue weighted by atomic mass is 9.82. The van der Waals surface area contributed by atoms with Gasteiger partial charge in [-0.1, -0.05) is 19.8 Å². The Bertz CT molecular complexity index is 265. The molecule has 1 aliphatic carbocycles. The first-order valence-electron chi connectivity index (χ1n) is 7.19. The summed E-state index contributed by atoms with van der Waals surface area (Å²) in [5.74, 6) is 0.992. The summed E-state index contributed by atoms with van der Waals surface area (Å²) in [6, 6.07) is 0.356. The molecule has 0 aromatic carbocycles. The maximum atomic E-state index is 12.4. The van der Waals surface area contributed by atoms with Gasteiger partial charge >= 0.3 is 0 Å². The van der Waals surface area contributed by atoms with Gasteiger partial charge in [0.05, 0.1) is 5.41 Å². The first-order valence-corrected chi connectivity index (χ1v) is 7.19. The van der Waals surface area contributed by atoms with Crippen LogP contribution in [0.15, 0.2) is 0 Å². The first-order chi connectivity index (χ1) is 8.18. The molecule has 1 saturated heterocycles. The third-order valence-electron chi connectivity index (χ3n) is 4.87. The van der Waals surface area contributed by atoms with E-state index in [-0.39, 0.29) is 11.3 Å². The van der Waals surface area contributed by atoms with Gasteiger partial charge in [-0.05, 0) is 45.1 Å². The lowest BCUT2D eigenvalue weighted by Gasteiger charge is -2.29. The van der Waals surface area contributed by atoms with Gasteiger partial charge in [-0.15, -0.1) is 0 Å². The quantitative estimate of drug-likeness (QED) is 0.787. The van der Waals surface area contributed by atoms with E-state index in [1.165, 1.54) is 25.7 Å². The van der Waals surface area contributed by atoms with E-state index in [0.717, 1.165) is 25.9 Å². The van der Waals surface area contributed by atoms with E-state index in [4.69, 9.17) is 0 Å². The number of amides is 1. The molecule has 1 heterocycles. The molecular weight excluding hydrogens is 212 g/mol. The van der Waals surface area contributed by atoms with E-state index in [0.29, 0.717) is 12.0 Å². The second kappa shape index (κ2) is 5.38. The first kappa shape index (κ1) is 12.9. The third kappa shape index (κ3) is 2.65. The van der Waals surface area contributed by atoms with Gasteiger partial charge < -0.3 is 10.6 Å². The molecule has 2 unspecified atom stereocenters. The van der Waals surface area contributed by atoms with Crippen LogP contribution in [0.2, 0.25) is 0 Å². The number of carbonyl (C=O) groups is 1. The van der Waals surface area contributed by atoms with E-state index in [1.54, 1.807) is 0 Å². The van der Waals surface area contributed by atoms with Crippen molar-refractivity contribution >= 4 is 5.91 Å². The van der Waals surface area contributed by atoms with Gasteiger partial charge in [0.15, 0.2) is 0 Å². The van der Waals surface area contributed by atoms with Crippen molar-refractivity contribution in [2.24, 2.45) is 11.3 Å². The number of hydrogen-bond donors (Lipinski definition) is 2. The topological polar surface area (TPSA) is 41.1 Å². The summed E-state index contributed by atoms with van der Waals surface area (Å²) in [7, 11) is 0. The molecule has 0 spiro atoms. The second-order valence-corrected chi connectivity index (χ2v) is 5.87. The van der Waals surface area contributed by atoms with Crippen molar-refractivity contribution in [3.63, 3.8) is 0 Å². The number of hydrogen-bond acceptors (Lipinski definition) is 2. The van der Waals surface area contributed by atoms with Crippen LogP contribution in [0.1, 0.15) is 52.4 Å². The van der Waals surface area contributed by atoms with Crippen molar-refractivity contribution in [1.82, 2.24) is 10.6 Å². The highest BCUT2D eigenvalue weighted by Gasteiger charge is 2.40. The standard InChI is InChI=1S/C14H26N2O/c1-3-14(8-9-15-10-14)13(17)16-11(2)12-6-4-5-7-12/h11-12,15H,3-10H2,1-2H3,(H,16,17). The molecule has 1 amide bonds. The fourth-order valence-corrected chi connectivity index (χ4v) is 3.33. The number of rotatable bonds is 4. The Labute approximate surface area is 105 Å². The minimum Gasteiger partial charge on any atom is -0.353 e. The van der Waals surface area contributed by atoms with Crippen LogP contribution in [0.4, 0.5) is 0 Å². The molecular formula is C14H26N2O. The Morgan fingerprint density at radius 1 is 1.47 bits per heavy atom. The summed E-state index contributed by atoms with van der Waals surface area (Å²) in [4.78, 5) is 12.4. The molecule has 1 aliphatic heterocycles. The van der Waals surface area contributed by atoms with Crippen LogP contribution in [0.5, 0.6) is 0 Å². The van der Waals surface area contributed by atoms with Crippen LogP contribution in [-0.4, -0.2) is 25.0 Å². The molecule has 0 radical (unpaired) electrons. The minimum atomic E-state index is -0.132. The summed E-state index contributed by atoms with van der Waals surface area (Å²) in [5.41, 5.74) is -0.132. The van der Waals surface area contributed by atoms with Crippen LogP contribution in [0.25, 0.3) is 0 Å². The highest BCUT2D eigenvalue weighted by atomic mass is 16.2. The van der Waals surface area contributed by atoms with Crippen molar-refractivity contribution < 1.29 is 4.79 Å². The van der Waals surface area contributed by atoms with Crippen molar-refractivity contribution in [2.45, 2.75) is 58.4 Å². The molecule has 2 atom stereocenters. The summed E-state index contributed by atoms with van der Waals surface area (Å²) >= 11 is 0. The van der Waals surface area contributed by atoms with Gasteiger partial charge in [0, 0.05) is 12.6 Å². The largest absolute Gasteiger partial charge is 0.353 e. The molecule has 3 heteroatoms. The molecule has 3 nitrogen and oxygen atoms in total. The Hall–Kier alpha value is -0.570. The van der Waals surface area contributed by atoms with E-state index in [9.17, 15) is 4.79 Å². The fourth-order valence-electron chi connectivity index (χ4n) is 3.33. The molecule has 2 aliphatic rings. The predicted molar refractivity (Wildman–Crippen MR) is 69.8 cm³/mol. The second-order valence-electron chi connectivity index (χ2n) is 5.87. The number of carbonyl (C=O) groups excluding carboxylic acids is 1. The normalized spacial score (nSPS) is 31.6. The van der Waals surface area contributed by atoms with Crippen LogP contribution < -0.4 is 10.6 Å². The molecule has 17 heavy (non-hydrogen) atoms. The monoisotopic (exact) mass is 238 g/mol. The lowest BCUT2D eigenvalue weighted by Crippen LogP contribution is -2.47. The van der Waals surface area contributed by atoms with Crippen molar-refractivity contribution in [1.29, 1.82) is 0 Å². The zero-order valence-corrected chi connectivity index (χ0v) is 11.2. The predicted octanol–water partition coefficient (Wildman–Crippen LogP) is 2.07. The highest BCUT2D eigenvalue weighted by molar-refractivity contribution is 5.83. The van der Waals surface area contributed by atoms with Crippen molar-refractivity contribution in [2.75, 3.05) is 13.1 Å². The van der Waals surface area contributed by atoms with Gasteiger partial charge in [0.1, 0.15) is 0 Å². The van der Waals surface area contributed by atoms with E-state index in [2.05, 4.69) is 24.5 Å². The average Bonchev–Trinajstić information content (AvgIpc) is 3.01. The van der Waals surface area contributed by atoms with E-state index < -0.39 is 0 Å². The zero-order chi connectivity index (χ0) is 12.3.